The summed E-state index contributed by atoms with van der Waals surface area (Å²) in [5, 5.41) is 0. The Balaban J connectivity index is 1.48. The molecule has 27 heavy (non-hydrogen) atoms. The zero-order valence-electron chi connectivity index (χ0n) is 15.3. The largest absolute Gasteiger partial charge is 0.493 e. The second kappa shape index (κ2) is 7.44. The number of piperidine rings is 1. The molecule has 3 heterocycles. The molecular formula is C19H23N3O4S. The van der Waals surface area contributed by atoms with E-state index in [1.165, 1.54) is 4.31 Å². The van der Waals surface area contributed by atoms with Gasteiger partial charge in [-0.15, -0.1) is 0 Å². The zero-order valence-corrected chi connectivity index (χ0v) is 16.1. The van der Waals surface area contributed by atoms with Crippen LogP contribution in [0.25, 0.3) is 0 Å². The van der Waals surface area contributed by atoms with E-state index in [2.05, 4.69) is 9.97 Å². The second-order valence-corrected chi connectivity index (χ2v) is 8.78. The van der Waals surface area contributed by atoms with Crippen LogP contribution in [0.5, 0.6) is 11.8 Å². The minimum Gasteiger partial charge on any atom is -0.493 e. The molecule has 0 radical (unpaired) electrons. The molecule has 2 aliphatic heterocycles. The number of nitrogens with zero attached hydrogens (tertiary/aromatic N) is 3. The SMILES string of the molecule is CCc1cnc(OC2CCCN(S(=O)(=O)c3ccc4c(c3)CCO4)C2)nc1. The number of benzene rings is 1. The highest BCUT2D eigenvalue weighted by Gasteiger charge is 2.32. The molecular weight excluding hydrogens is 366 g/mol. The Labute approximate surface area is 159 Å². The molecule has 0 amide bonds. The van der Waals surface area contributed by atoms with Crippen LogP contribution in [0.1, 0.15) is 30.9 Å². The predicted molar refractivity (Wildman–Crippen MR) is 99.5 cm³/mol. The molecule has 0 bridgehead atoms. The van der Waals surface area contributed by atoms with E-state index in [1.54, 1.807) is 30.6 Å². The lowest BCUT2D eigenvalue weighted by atomic mass is 10.1. The lowest BCUT2D eigenvalue weighted by Gasteiger charge is -2.31. The molecule has 1 fully saturated rings. The number of sulfonamides is 1. The van der Waals surface area contributed by atoms with Gasteiger partial charge in [-0.1, -0.05) is 6.92 Å². The maximum atomic E-state index is 13.1. The van der Waals surface area contributed by atoms with Crippen molar-refractivity contribution >= 4 is 10.0 Å². The molecule has 1 atom stereocenters. The molecule has 0 saturated carbocycles. The van der Waals surface area contributed by atoms with Crippen molar-refractivity contribution in [2.45, 2.75) is 43.6 Å². The molecule has 8 heteroatoms. The molecule has 4 rings (SSSR count). The van der Waals surface area contributed by atoms with Crippen molar-refractivity contribution in [3.8, 4) is 11.8 Å². The van der Waals surface area contributed by atoms with Crippen molar-refractivity contribution in [3.63, 3.8) is 0 Å². The van der Waals surface area contributed by atoms with Crippen LogP contribution in [-0.2, 0) is 22.9 Å². The maximum absolute atomic E-state index is 13.1. The third-order valence-corrected chi connectivity index (χ3v) is 6.86. The van der Waals surface area contributed by atoms with Crippen LogP contribution < -0.4 is 9.47 Å². The minimum absolute atomic E-state index is 0.251. The monoisotopic (exact) mass is 389 g/mol. The second-order valence-electron chi connectivity index (χ2n) is 6.84. The Morgan fingerprint density at radius 2 is 2.11 bits per heavy atom. The fourth-order valence-corrected chi connectivity index (χ4v) is 4.99. The van der Waals surface area contributed by atoms with Crippen LogP contribution in [0.2, 0.25) is 0 Å². The van der Waals surface area contributed by atoms with Crippen LogP contribution in [0.3, 0.4) is 0 Å². The van der Waals surface area contributed by atoms with Gasteiger partial charge in [-0.05, 0) is 48.6 Å². The summed E-state index contributed by atoms with van der Waals surface area (Å²) in [6, 6.07) is 5.40. The number of aromatic nitrogens is 2. The lowest BCUT2D eigenvalue weighted by molar-refractivity contribution is 0.119. The Morgan fingerprint density at radius 3 is 2.89 bits per heavy atom. The molecule has 1 aromatic heterocycles. The molecule has 7 nitrogen and oxygen atoms in total. The summed E-state index contributed by atoms with van der Waals surface area (Å²) in [5.41, 5.74) is 1.99. The minimum atomic E-state index is -3.56. The highest BCUT2D eigenvalue weighted by molar-refractivity contribution is 7.89. The molecule has 0 N–H and O–H groups in total. The summed E-state index contributed by atoms with van der Waals surface area (Å²) in [5.74, 6) is 0.779. The number of fused-ring (bicyclic) bond motifs is 1. The van der Waals surface area contributed by atoms with Crippen molar-refractivity contribution in [2.75, 3.05) is 19.7 Å². The third-order valence-electron chi connectivity index (χ3n) is 5.00. The van der Waals surface area contributed by atoms with Gasteiger partial charge in [0.15, 0.2) is 0 Å². The highest BCUT2D eigenvalue weighted by atomic mass is 32.2. The molecule has 0 aliphatic carbocycles. The zero-order chi connectivity index (χ0) is 18.9. The number of rotatable bonds is 5. The Hall–Kier alpha value is -2.19. The molecule has 1 aromatic carbocycles. The van der Waals surface area contributed by atoms with Gasteiger partial charge in [-0.2, -0.15) is 4.31 Å². The summed E-state index contributed by atoms with van der Waals surface area (Å²) in [7, 11) is -3.56. The first-order valence-electron chi connectivity index (χ1n) is 9.29. The molecule has 144 valence electrons. The Morgan fingerprint density at radius 1 is 1.30 bits per heavy atom. The van der Waals surface area contributed by atoms with Gasteiger partial charge in [0.05, 0.1) is 18.0 Å². The third kappa shape index (κ3) is 3.77. The first-order valence-corrected chi connectivity index (χ1v) is 10.7. The molecule has 2 aliphatic rings. The van der Waals surface area contributed by atoms with Crippen molar-refractivity contribution in [1.82, 2.24) is 14.3 Å². The summed E-state index contributed by atoms with van der Waals surface area (Å²) in [6.45, 7) is 3.43. The van der Waals surface area contributed by atoms with Crippen molar-refractivity contribution in [1.29, 1.82) is 0 Å². The topological polar surface area (TPSA) is 81.6 Å². The number of hydrogen-bond acceptors (Lipinski definition) is 6. The van der Waals surface area contributed by atoms with Gasteiger partial charge in [0.25, 0.3) is 0 Å². The van der Waals surface area contributed by atoms with Gasteiger partial charge in [0, 0.05) is 25.4 Å². The van der Waals surface area contributed by atoms with Crippen LogP contribution in [-0.4, -0.2) is 48.5 Å². The fourth-order valence-electron chi connectivity index (χ4n) is 3.43. The van der Waals surface area contributed by atoms with Gasteiger partial charge in [-0.3, -0.25) is 0 Å². The van der Waals surface area contributed by atoms with Gasteiger partial charge >= 0.3 is 6.01 Å². The van der Waals surface area contributed by atoms with E-state index in [0.29, 0.717) is 30.6 Å². The Kier molecular flexibility index (Phi) is 5.01. The maximum Gasteiger partial charge on any atom is 0.316 e. The van der Waals surface area contributed by atoms with Crippen molar-refractivity contribution < 1.29 is 17.9 Å². The number of ether oxygens (including phenoxy) is 2. The van der Waals surface area contributed by atoms with Gasteiger partial charge < -0.3 is 9.47 Å². The van der Waals surface area contributed by atoms with Crippen molar-refractivity contribution in [3.05, 3.63) is 41.7 Å². The first kappa shape index (κ1) is 18.2. The Bertz CT molecular complexity index is 915. The van der Waals surface area contributed by atoms with Crippen molar-refractivity contribution in [2.24, 2.45) is 0 Å². The number of hydrogen-bond donors (Lipinski definition) is 0. The van der Waals surface area contributed by atoms with E-state index >= 15 is 0 Å². The highest BCUT2D eigenvalue weighted by Crippen LogP contribution is 2.30. The summed E-state index contributed by atoms with van der Waals surface area (Å²) >= 11 is 0. The normalized spacial score (nSPS) is 20.1. The van der Waals surface area contributed by atoms with E-state index in [1.807, 2.05) is 6.92 Å². The summed E-state index contributed by atoms with van der Waals surface area (Å²) < 4.78 is 38.9. The van der Waals surface area contributed by atoms with E-state index in [0.717, 1.165) is 42.6 Å². The molecule has 2 aromatic rings. The summed E-state index contributed by atoms with van der Waals surface area (Å²) in [4.78, 5) is 8.74. The molecule has 1 unspecified atom stereocenters. The van der Waals surface area contributed by atoms with E-state index in [9.17, 15) is 8.42 Å². The smallest absolute Gasteiger partial charge is 0.316 e. The summed E-state index contributed by atoms with van der Waals surface area (Å²) in [6.07, 6.45) is 6.36. The van der Waals surface area contributed by atoms with Gasteiger partial charge in [0.2, 0.25) is 10.0 Å². The average molecular weight is 389 g/mol. The first-order chi connectivity index (χ1) is 13.1. The van der Waals surface area contributed by atoms with Gasteiger partial charge in [-0.25, -0.2) is 18.4 Å². The van der Waals surface area contributed by atoms with Crippen LogP contribution in [0.4, 0.5) is 0 Å². The number of aryl methyl sites for hydroxylation is 1. The van der Waals surface area contributed by atoms with Crippen LogP contribution in [0.15, 0.2) is 35.5 Å². The standard InChI is InChI=1S/C19H23N3O4S/c1-2-14-11-20-19(21-12-14)26-16-4-3-8-22(13-16)27(23,24)17-5-6-18-15(10-17)7-9-25-18/h5-6,10-12,16H,2-4,7-9,13H2,1H3. The van der Waals surface area contributed by atoms with E-state index in [-0.39, 0.29) is 6.10 Å². The predicted octanol–water partition coefficient (Wildman–Crippen LogP) is 2.21. The van der Waals surface area contributed by atoms with Crippen LogP contribution in [0, 0.1) is 0 Å². The lowest BCUT2D eigenvalue weighted by Crippen LogP contribution is -2.44. The van der Waals surface area contributed by atoms with Gasteiger partial charge in [0.1, 0.15) is 11.9 Å². The fraction of sp³-hybridized carbons (Fsp3) is 0.474. The molecule has 0 spiro atoms. The molecule has 1 saturated heterocycles. The average Bonchev–Trinajstić information content (AvgIpc) is 3.17. The van der Waals surface area contributed by atoms with E-state index < -0.39 is 10.0 Å². The van der Waals surface area contributed by atoms with Crippen LogP contribution >= 0.6 is 0 Å². The quantitative estimate of drug-likeness (QED) is 0.780. The van der Waals surface area contributed by atoms with E-state index in [4.69, 9.17) is 9.47 Å².